The van der Waals surface area contributed by atoms with Gasteiger partial charge in [0.15, 0.2) is 0 Å². The Morgan fingerprint density at radius 1 is 0.963 bits per heavy atom. The summed E-state index contributed by atoms with van der Waals surface area (Å²) in [5.74, 6) is -0.842. The molecule has 2 N–H and O–H groups in total. The Morgan fingerprint density at radius 3 is 2.48 bits per heavy atom. The zero-order valence-electron chi connectivity index (χ0n) is 14.4. The van der Waals surface area contributed by atoms with Gasteiger partial charge in [0.1, 0.15) is 5.82 Å². The van der Waals surface area contributed by atoms with Crippen LogP contribution in [-0.2, 0) is 12.8 Å². The van der Waals surface area contributed by atoms with E-state index in [2.05, 4.69) is 0 Å². The van der Waals surface area contributed by atoms with Crippen LogP contribution >= 0.6 is 0 Å². The fourth-order valence-electron chi connectivity index (χ4n) is 3.35. The van der Waals surface area contributed by atoms with Crippen molar-refractivity contribution in [2.75, 3.05) is 0 Å². The molecule has 0 aromatic heterocycles. The smallest absolute Gasteiger partial charge is 0.274 e. The first-order chi connectivity index (χ1) is 13.2. The molecule has 0 saturated carbocycles. The lowest BCUT2D eigenvalue weighted by atomic mass is 9.91. The number of aryl methyl sites for hydroxylation is 2. The fraction of sp³-hybridized carbons (Fsp3) is 0.0909. The number of carbonyl (C=O) groups is 1. The van der Waals surface area contributed by atoms with Crippen molar-refractivity contribution in [2.24, 2.45) is 4.99 Å². The second-order valence-electron chi connectivity index (χ2n) is 6.41. The molecule has 3 aromatic rings. The predicted octanol–water partition coefficient (Wildman–Crippen LogP) is 4.21. The minimum atomic E-state index is -0.575. The number of nitrogens with one attached hydrogen (secondary N) is 1. The zero-order chi connectivity index (χ0) is 18.8. The van der Waals surface area contributed by atoms with Crippen LogP contribution in [0.25, 0.3) is 0 Å². The number of hydrogen-bond acceptors (Lipinski definition) is 3. The molecule has 0 aliphatic carbocycles. The van der Waals surface area contributed by atoms with E-state index < -0.39 is 5.91 Å². The third-order valence-electron chi connectivity index (χ3n) is 4.73. The Labute approximate surface area is 156 Å². The van der Waals surface area contributed by atoms with Crippen molar-refractivity contribution >= 4 is 17.3 Å². The second kappa shape index (κ2) is 7.13. The number of carbonyl (C=O) groups excluding carboxylic acids is 1. The molecule has 1 amide bonds. The quantitative estimate of drug-likeness (QED) is 0.531. The minimum absolute atomic E-state index is 0.267. The van der Waals surface area contributed by atoms with E-state index in [1.165, 1.54) is 6.07 Å². The first-order valence-corrected chi connectivity index (χ1v) is 8.66. The summed E-state index contributed by atoms with van der Waals surface area (Å²) in [4.78, 5) is 16.4. The molecule has 0 fully saturated rings. The molecule has 0 atom stereocenters. The van der Waals surface area contributed by atoms with Gasteiger partial charge in [-0.15, -0.1) is 0 Å². The molecule has 1 heterocycles. The van der Waals surface area contributed by atoms with Crippen LogP contribution in [0.2, 0.25) is 0 Å². The summed E-state index contributed by atoms with van der Waals surface area (Å²) in [6.45, 7) is 0. The van der Waals surface area contributed by atoms with E-state index in [0.29, 0.717) is 12.0 Å². The lowest BCUT2D eigenvalue weighted by Gasteiger charge is -2.18. The summed E-state index contributed by atoms with van der Waals surface area (Å²) in [5, 5.41) is 8.78. The van der Waals surface area contributed by atoms with E-state index in [4.69, 9.17) is 10.2 Å². The number of aliphatic imine (C=N–C) groups is 1. The van der Waals surface area contributed by atoms with E-state index in [1.54, 1.807) is 41.9 Å². The van der Waals surface area contributed by atoms with Gasteiger partial charge in [0.05, 0.1) is 11.4 Å². The molecule has 0 saturated heterocycles. The van der Waals surface area contributed by atoms with Crippen LogP contribution in [0.4, 0.5) is 10.1 Å². The number of nitrogens with zero attached hydrogens (tertiary/aromatic N) is 1. The van der Waals surface area contributed by atoms with Gasteiger partial charge in [-0.1, -0.05) is 30.3 Å². The molecule has 0 radical (unpaired) electrons. The highest BCUT2D eigenvalue weighted by molar-refractivity contribution is 6.15. The van der Waals surface area contributed by atoms with Gasteiger partial charge in [0.2, 0.25) is 0 Å². The Bertz CT molecular complexity index is 1040. The van der Waals surface area contributed by atoms with E-state index in [9.17, 15) is 9.18 Å². The SMILES string of the molecule is O=C(NO)c1ccc(/C2=N/c3ccccc3CCc3cc(F)ccc32)cc1. The maximum atomic E-state index is 13.8. The monoisotopic (exact) mass is 360 g/mol. The molecule has 0 unspecified atom stereocenters. The molecule has 5 heteroatoms. The summed E-state index contributed by atoms with van der Waals surface area (Å²) >= 11 is 0. The Morgan fingerprint density at radius 2 is 1.70 bits per heavy atom. The van der Waals surface area contributed by atoms with E-state index in [-0.39, 0.29) is 5.82 Å². The van der Waals surface area contributed by atoms with Crippen molar-refractivity contribution in [1.82, 2.24) is 5.48 Å². The standard InChI is InChI=1S/C22H17FN2O2/c23-18-11-12-19-17(13-18)10-5-14-3-1-2-4-20(14)24-21(19)15-6-8-16(9-7-15)22(26)25-27/h1-4,6-9,11-13,27H,5,10H2,(H,25,26)/b24-21-. The highest BCUT2D eigenvalue weighted by Gasteiger charge is 2.17. The zero-order valence-corrected chi connectivity index (χ0v) is 14.4. The first-order valence-electron chi connectivity index (χ1n) is 8.66. The molecular formula is C22H17FN2O2. The molecule has 1 aliphatic heterocycles. The van der Waals surface area contributed by atoms with Crippen LogP contribution in [-0.4, -0.2) is 16.8 Å². The van der Waals surface area contributed by atoms with Gasteiger partial charge >= 0.3 is 0 Å². The van der Waals surface area contributed by atoms with Crippen molar-refractivity contribution < 1.29 is 14.4 Å². The van der Waals surface area contributed by atoms with Crippen LogP contribution in [0.5, 0.6) is 0 Å². The van der Waals surface area contributed by atoms with Gasteiger partial charge in [0, 0.05) is 16.7 Å². The molecule has 3 aromatic carbocycles. The average molecular weight is 360 g/mol. The summed E-state index contributed by atoms with van der Waals surface area (Å²) in [5.41, 5.74) is 7.29. The number of fused-ring (bicyclic) bond motifs is 2. The second-order valence-corrected chi connectivity index (χ2v) is 6.41. The largest absolute Gasteiger partial charge is 0.288 e. The Hall–Kier alpha value is -3.31. The molecule has 1 aliphatic rings. The van der Waals surface area contributed by atoms with Crippen LogP contribution < -0.4 is 5.48 Å². The van der Waals surface area contributed by atoms with Crippen molar-refractivity contribution in [1.29, 1.82) is 0 Å². The highest BCUT2D eigenvalue weighted by Crippen LogP contribution is 2.29. The number of para-hydroxylation sites is 1. The molecule has 134 valence electrons. The summed E-state index contributed by atoms with van der Waals surface area (Å²) in [6, 6.07) is 19.5. The number of benzene rings is 3. The van der Waals surface area contributed by atoms with Crippen molar-refractivity contribution in [2.45, 2.75) is 12.8 Å². The van der Waals surface area contributed by atoms with Crippen LogP contribution in [0.3, 0.4) is 0 Å². The average Bonchev–Trinajstić information content (AvgIpc) is 2.69. The number of rotatable bonds is 2. The number of amides is 1. The maximum Gasteiger partial charge on any atom is 0.274 e. The summed E-state index contributed by atoms with van der Waals surface area (Å²) in [6.07, 6.45) is 1.51. The van der Waals surface area contributed by atoms with E-state index in [0.717, 1.165) is 40.1 Å². The molecule has 4 rings (SSSR count). The Balaban J connectivity index is 1.89. The van der Waals surface area contributed by atoms with Gasteiger partial charge in [-0.3, -0.25) is 10.0 Å². The number of hydroxylamine groups is 1. The van der Waals surface area contributed by atoms with Crippen LogP contribution in [0.15, 0.2) is 71.7 Å². The van der Waals surface area contributed by atoms with Crippen LogP contribution in [0, 0.1) is 5.82 Å². The normalized spacial score (nSPS) is 14.8. The fourth-order valence-corrected chi connectivity index (χ4v) is 3.35. The predicted molar refractivity (Wildman–Crippen MR) is 101 cm³/mol. The highest BCUT2D eigenvalue weighted by atomic mass is 19.1. The lowest BCUT2D eigenvalue weighted by molar-refractivity contribution is 0.0706. The lowest BCUT2D eigenvalue weighted by Crippen LogP contribution is -2.18. The Kier molecular flexibility index (Phi) is 4.52. The van der Waals surface area contributed by atoms with E-state index >= 15 is 0 Å². The first kappa shape index (κ1) is 17.1. The van der Waals surface area contributed by atoms with Crippen molar-refractivity contribution in [3.05, 3.63) is 100 Å². The number of hydrogen-bond donors (Lipinski definition) is 2. The molecule has 0 spiro atoms. The van der Waals surface area contributed by atoms with Gasteiger partial charge in [-0.25, -0.2) is 14.9 Å². The number of halogens is 1. The third-order valence-corrected chi connectivity index (χ3v) is 4.73. The maximum absolute atomic E-state index is 13.8. The van der Waals surface area contributed by atoms with Crippen molar-refractivity contribution in [3.63, 3.8) is 0 Å². The van der Waals surface area contributed by atoms with Gasteiger partial charge in [-0.2, -0.15) is 0 Å². The van der Waals surface area contributed by atoms with E-state index in [1.807, 2.05) is 24.3 Å². The minimum Gasteiger partial charge on any atom is -0.288 e. The van der Waals surface area contributed by atoms with Gasteiger partial charge in [-0.05, 0) is 60.4 Å². The topological polar surface area (TPSA) is 61.7 Å². The summed E-state index contributed by atoms with van der Waals surface area (Å²) in [7, 11) is 0. The molecule has 0 bridgehead atoms. The van der Waals surface area contributed by atoms with Gasteiger partial charge in [0.25, 0.3) is 5.91 Å². The van der Waals surface area contributed by atoms with Crippen LogP contribution in [0.1, 0.15) is 32.6 Å². The summed E-state index contributed by atoms with van der Waals surface area (Å²) < 4.78 is 13.8. The van der Waals surface area contributed by atoms with Crippen molar-refractivity contribution in [3.8, 4) is 0 Å². The molecule has 27 heavy (non-hydrogen) atoms. The molecular weight excluding hydrogens is 343 g/mol. The molecule has 4 nitrogen and oxygen atoms in total. The van der Waals surface area contributed by atoms with Gasteiger partial charge < -0.3 is 0 Å². The third kappa shape index (κ3) is 3.37.